The average Bonchev–Trinajstić information content (AvgIpc) is 2.73. The van der Waals surface area contributed by atoms with Gasteiger partial charge in [0.25, 0.3) is 0 Å². The molecule has 1 aromatic carbocycles. The minimum atomic E-state index is -0.0378. The summed E-state index contributed by atoms with van der Waals surface area (Å²) in [5.41, 5.74) is 6.61. The molecule has 1 aliphatic heterocycles. The Morgan fingerprint density at radius 2 is 2.05 bits per heavy atom. The molecule has 0 atom stereocenters. The molecular weight excluding hydrogens is 274 g/mol. The normalized spacial score (nSPS) is 18.0. The van der Waals surface area contributed by atoms with E-state index in [-0.39, 0.29) is 5.41 Å². The quantitative estimate of drug-likeness (QED) is 0.697. The van der Waals surface area contributed by atoms with E-state index < -0.39 is 0 Å². The largest absolute Gasteiger partial charge is 0.347 e. The van der Waals surface area contributed by atoms with Crippen LogP contribution in [0.5, 0.6) is 0 Å². The zero-order valence-electron chi connectivity index (χ0n) is 13.0. The van der Waals surface area contributed by atoms with Crippen LogP contribution in [0.2, 0.25) is 0 Å². The van der Waals surface area contributed by atoms with Crippen molar-refractivity contribution in [2.24, 2.45) is 5.10 Å². The first-order chi connectivity index (χ1) is 10.6. The van der Waals surface area contributed by atoms with Gasteiger partial charge in [-0.1, -0.05) is 32.0 Å². The predicted molar refractivity (Wildman–Crippen MR) is 90.1 cm³/mol. The maximum absolute atomic E-state index is 4.19. The summed E-state index contributed by atoms with van der Waals surface area (Å²) in [5.74, 6) is 0.625. The predicted octanol–water partition coefficient (Wildman–Crippen LogP) is 3.19. The van der Waals surface area contributed by atoms with Crippen molar-refractivity contribution in [1.29, 1.82) is 0 Å². The standard InChI is InChI=1S/C17H19N5/c1-17(2)13-6-4-5-7-14(13)22(3)15(17)8-9-20-21-16-12-18-10-11-19-16/h4-12H,1-3H3,(H,19,21)/b15-8-,20-9+. The van der Waals surface area contributed by atoms with Crippen LogP contribution in [0.1, 0.15) is 19.4 Å². The fraction of sp³-hybridized carbons (Fsp3) is 0.235. The molecule has 112 valence electrons. The number of hydrogen-bond donors (Lipinski definition) is 1. The van der Waals surface area contributed by atoms with Crippen LogP contribution in [-0.2, 0) is 5.41 Å². The van der Waals surface area contributed by atoms with Gasteiger partial charge in [0, 0.05) is 42.5 Å². The summed E-state index contributed by atoms with van der Waals surface area (Å²) in [6.07, 6.45) is 8.67. The van der Waals surface area contributed by atoms with E-state index in [9.17, 15) is 0 Å². The van der Waals surface area contributed by atoms with Gasteiger partial charge in [-0.15, -0.1) is 0 Å². The van der Waals surface area contributed by atoms with Crippen molar-refractivity contribution >= 4 is 17.7 Å². The van der Waals surface area contributed by atoms with Gasteiger partial charge in [-0.25, -0.2) is 4.98 Å². The smallest absolute Gasteiger partial charge is 0.164 e. The van der Waals surface area contributed by atoms with Gasteiger partial charge in [0.1, 0.15) is 0 Å². The molecule has 5 heteroatoms. The minimum absolute atomic E-state index is 0.0378. The van der Waals surface area contributed by atoms with E-state index >= 15 is 0 Å². The Balaban J connectivity index is 1.80. The number of allylic oxidation sites excluding steroid dienone is 2. The number of nitrogens with one attached hydrogen (secondary N) is 1. The first-order valence-corrected chi connectivity index (χ1v) is 7.20. The Hall–Kier alpha value is -2.69. The van der Waals surface area contributed by atoms with E-state index in [1.165, 1.54) is 16.9 Å². The molecule has 0 amide bonds. The second-order valence-electron chi connectivity index (χ2n) is 5.73. The van der Waals surface area contributed by atoms with Gasteiger partial charge >= 0.3 is 0 Å². The maximum atomic E-state index is 4.19. The number of para-hydroxylation sites is 1. The summed E-state index contributed by atoms with van der Waals surface area (Å²) in [7, 11) is 2.09. The van der Waals surface area contributed by atoms with Crippen molar-refractivity contribution in [3.8, 4) is 0 Å². The van der Waals surface area contributed by atoms with Crippen LogP contribution in [0.15, 0.2) is 59.7 Å². The van der Waals surface area contributed by atoms with Crippen molar-refractivity contribution in [1.82, 2.24) is 9.97 Å². The lowest BCUT2D eigenvalue weighted by Crippen LogP contribution is -2.23. The number of anilines is 2. The summed E-state index contributed by atoms with van der Waals surface area (Å²) in [6.45, 7) is 4.45. The summed E-state index contributed by atoms with van der Waals surface area (Å²) >= 11 is 0. The molecule has 1 aliphatic rings. The Morgan fingerprint density at radius 3 is 2.77 bits per heavy atom. The monoisotopic (exact) mass is 293 g/mol. The molecule has 0 bridgehead atoms. The van der Waals surface area contributed by atoms with Crippen molar-refractivity contribution in [2.75, 3.05) is 17.4 Å². The second kappa shape index (κ2) is 5.60. The number of hydrazone groups is 1. The number of hydrogen-bond acceptors (Lipinski definition) is 5. The zero-order valence-corrected chi connectivity index (χ0v) is 13.0. The lowest BCUT2D eigenvalue weighted by atomic mass is 9.84. The van der Waals surface area contributed by atoms with Crippen LogP contribution in [0.25, 0.3) is 0 Å². The topological polar surface area (TPSA) is 53.4 Å². The van der Waals surface area contributed by atoms with E-state index in [1.54, 1.807) is 24.8 Å². The number of nitrogens with zero attached hydrogens (tertiary/aromatic N) is 4. The van der Waals surface area contributed by atoms with Crippen LogP contribution < -0.4 is 10.3 Å². The third-order valence-corrected chi connectivity index (χ3v) is 3.99. The molecule has 3 rings (SSSR count). The van der Waals surface area contributed by atoms with Gasteiger partial charge in [0.05, 0.1) is 6.20 Å². The fourth-order valence-electron chi connectivity index (χ4n) is 2.87. The fourth-order valence-corrected chi connectivity index (χ4v) is 2.87. The molecule has 1 N–H and O–H groups in total. The molecule has 0 fully saturated rings. The van der Waals surface area contributed by atoms with E-state index in [0.29, 0.717) is 5.82 Å². The molecule has 0 saturated carbocycles. The van der Waals surface area contributed by atoms with Crippen molar-refractivity contribution in [3.63, 3.8) is 0 Å². The summed E-state index contributed by atoms with van der Waals surface area (Å²) in [5, 5.41) is 4.19. The van der Waals surface area contributed by atoms with Crippen LogP contribution in [0.4, 0.5) is 11.5 Å². The summed E-state index contributed by atoms with van der Waals surface area (Å²) in [6, 6.07) is 8.48. The highest BCUT2D eigenvalue weighted by Crippen LogP contribution is 2.46. The first kappa shape index (κ1) is 14.3. The average molecular weight is 293 g/mol. The molecule has 2 heterocycles. The number of likely N-dealkylation sites (N-methyl/N-ethyl adjacent to an activating group) is 1. The van der Waals surface area contributed by atoms with Crippen LogP contribution in [-0.4, -0.2) is 23.2 Å². The highest BCUT2D eigenvalue weighted by Gasteiger charge is 2.37. The molecule has 0 radical (unpaired) electrons. The molecule has 0 spiro atoms. The molecule has 5 nitrogen and oxygen atoms in total. The number of rotatable bonds is 3. The van der Waals surface area contributed by atoms with Crippen LogP contribution >= 0.6 is 0 Å². The Bertz CT molecular complexity index is 719. The van der Waals surface area contributed by atoms with E-state index in [4.69, 9.17) is 0 Å². The van der Waals surface area contributed by atoms with E-state index in [2.05, 4.69) is 70.6 Å². The molecule has 22 heavy (non-hydrogen) atoms. The van der Waals surface area contributed by atoms with Crippen molar-refractivity contribution < 1.29 is 0 Å². The number of fused-ring (bicyclic) bond motifs is 1. The summed E-state index contributed by atoms with van der Waals surface area (Å²) < 4.78 is 0. The van der Waals surface area contributed by atoms with Crippen LogP contribution in [0.3, 0.4) is 0 Å². The first-order valence-electron chi connectivity index (χ1n) is 7.20. The van der Waals surface area contributed by atoms with E-state index in [1.807, 2.05) is 6.08 Å². The third kappa shape index (κ3) is 2.45. The Kier molecular flexibility index (Phi) is 3.63. The van der Waals surface area contributed by atoms with Crippen molar-refractivity contribution in [3.05, 3.63) is 60.2 Å². The van der Waals surface area contributed by atoms with E-state index in [0.717, 1.165) is 0 Å². The highest BCUT2D eigenvalue weighted by atomic mass is 15.3. The number of aromatic nitrogens is 2. The van der Waals surface area contributed by atoms with Gasteiger partial charge < -0.3 is 4.90 Å². The van der Waals surface area contributed by atoms with Gasteiger partial charge in [0.2, 0.25) is 0 Å². The molecule has 0 aliphatic carbocycles. The second-order valence-corrected chi connectivity index (χ2v) is 5.73. The van der Waals surface area contributed by atoms with Gasteiger partial charge in [0.15, 0.2) is 5.82 Å². The Morgan fingerprint density at radius 1 is 1.23 bits per heavy atom. The molecule has 2 aromatic rings. The van der Waals surface area contributed by atoms with Gasteiger partial charge in [-0.05, 0) is 17.7 Å². The molecular formula is C17H19N5. The highest BCUT2D eigenvalue weighted by molar-refractivity contribution is 5.79. The minimum Gasteiger partial charge on any atom is -0.347 e. The molecule has 0 saturated heterocycles. The molecule has 0 unspecified atom stereocenters. The van der Waals surface area contributed by atoms with Gasteiger partial charge in [-0.3, -0.25) is 10.4 Å². The van der Waals surface area contributed by atoms with Crippen molar-refractivity contribution in [2.45, 2.75) is 19.3 Å². The van der Waals surface area contributed by atoms with Crippen LogP contribution in [0, 0.1) is 0 Å². The third-order valence-electron chi connectivity index (χ3n) is 3.99. The lowest BCUT2D eigenvalue weighted by Gasteiger charge is -2.23. The van der Waals surface area contributed by atoms with Gasteiger partial charge in [-0.2, -0.15) is 5.10 Å². The maximum Gasteiger partial charge on any atom is 0.164 e. The summed E-state index contributed by atoms with van der Waals surface area (Å²) in [4.78, 5) is 10.3. The SMILES string of the molecule is CN1/C(=C\C=N\Nc2cnccn2)C(C)(C)c2ccccc21. The Labute approximate surface area is 130 Å². The number of benzene rings is 1. The lowest BCUT2D eigenvalue weighted by molar-refractivity contribution is 0.641. The zero-order chi connectivity index (χ0) is 15.6. The molecule has 1 aromatic heterocycles.